The van der Waals surface area contributed by atoms with Crippen LogP contribution >= 0.6 is 0 Å². The van der Waals surface area contributed by atoms with Gasteiger partial charge in [0.25, 0.3) is 0 Å². The molecule has 1 aromatic rings. The van der Waals surface area contributed by atoms with Gasteiger partial charge < -0.3 is 5.73 Å². The maximum atomic E-state index is 9.95. The zero-order chi connectivity index (χ0) is 13.3. The highest BCUT2D eigenvalue weighted by atomic mass is 16.2. The summed E-state index contributed by atoms with van der Waals surface area (Å²) in [7, 11) is 0. The van der Waals surface area contributed by atoms with E-state index in [9.17, 15) is 9.59 Å². The fourth-order valence-corrected chi connectivity index (χ4v) is 1.13. The number of hydrogen-bond donors (Lipinski definition) is 1. The number of carbonyl (C=O) groups is 2. The van der Waals surface area contributed by atoms with Gasteiger partial charge in [0.15, 0.2) is 0 Å². The van der Waals surface area contributed by atoms with Crippen molar-refractivity contribution in [2.75, 3.05) is 0 Å². The van der Waals surface area contributed by atoms with E-state index < -0.39 is 5.91 Å². The highest BCUT2D eigenvalue weighted by molar-refractivity contribution is 5.95. The van der Waals surface area contributed by atoms with E-state index in [0.29, 0.717) is 0 Å². The molecule has 0 aliphatic heterocycles. The maximum Gasteiger partial charge on any atom is 0.224 e. The molecule has 0 aliphatic carbocycles. The van der Waals surface area contributed by atoms with E-state index in [1.54, 1.807) is 0 Å². The maximum absolute atomic E-state index is 9.95. The van der Waals surface area contributed by atoms with E-state index in [0.717, 1.165) is 6.42 Å². The van der Waals surface area contributed by atoms with Crippen molar-refractivity contribution in [2.24, 2.45) is 5.73 Å². The van der Waals surface area contributed by atoms with Crippen LogP contribution in [0.2, 0.25) is 0 Å². The topological polar surface area (TPSA) is 60.2 Å². The second kappa shape index (κ2) is 8.28. The van der Waals surface area contributed by atoms with Gasteiger partial charge in [0.05, 0.1) is 6.42 Å². The third-order valence-corrected chi connectivity index (χ3v) is 2.05. The zero-order valence-corrected chi connectivity index (χ0v) is 10.4. The molecule has 0 fully saturated rings. The molecule has 3 heteroatoms. The normalized spacial score (nSPS) is 8.82. The van der Waals surface area contributed by atoms with Crippen LogP contribution in [0.5, 0.6) is 0 Å². The Labute approximate surface area is 102 Å². The molecule has 2 N–H and O–H groups in total. The van der Waals surface area contributed by atoms with Crippen LogP contribution in [-0.2, 0) is 16.0 Å². The molecular formula is C14H19NO2. The minimum atomic E-state index is -0.562. The first-order chi connectivity index (χ1) is 7.99. The Kier molecular flexibility index (Phi) is 7.35. The molecule has 0 saturated carbocycles. The van der Waals surface area contributed by atoms with Crippen LogP contribution < -0.4 is 5.73 Å². The molecule has 92 valence electrons. The largest absolute Gasteiger partial charge is 0.369 e. The molecule has 1 aromatic carbocycles. The lowest BCUT2D eigenvalue weighted by Gasteiger charge is -1.95. The fourth-order valence-electron chi connectivity index (χ4n) is 1.13. The number of carbonyl (C=O) groups excluding carboxylic acids is 2. The summed E-state index contributed by atoms with van der Waals surface area (Å²) in [6, 6.07) is 8.45. The van der Waals surface area contributed by atoms with Crippen LogP contribution in [0.25, 0.3) is 6.08 Å². The van der Waals surface area contributed by atoms with Gasteiger partial charge in [0, 0.05) is 0 Å². The Morgan fingerprint density at radius 3 is 2.06 bits per heavy atom. The lowest BCUT2D eigenvalue weighted by Crippen LogP contribution is -2.13. The molecule has 0 aromatic heterocycles. The zero-order valence-electron chi connectivity index (χ0n) is 10.4. The summed E-state index contributed by atoms with van der Waals surface area (Å²) in [5, 5.41) is 0. The van der Waals surface area contributed by atoms with Crippen LogP contribution in [0, 0.1) is 0 Å². The van der Waals surface area contributed by atoms with Crippen molar-refractivity contribution >= 4 is 17.8 Å². The summed E-state index contributed by atoms with van der Waals surface area (Å²) < 4.78 is 0. The molecule has 0 radical (unpaired) electrons. The van der Waals surface area contributed by atoms with E-state index in [-0.39, 0.29) is 12.2 Å². The lowest BCUT2D eigenvalue weighted by atomic mass is 10.1. The van der Waals surface area contributed by atoms with Gasteiger partial charge in [-0.25, -0.2) is 0 Å². The average molecular weight is 233 g/mol. The Hall–Kier alpha value is -1.90. The third-order valence-electron chi connectivity index (χ3n) is 2.05. The minimum Gasteiger partial charge on any atom is -0.369 e. The molecule has 3 nitrogen and oxygen atoms in total. The van der Waals surface area contributed by atoms with Crippen molar-refractivity contribution in [1.29, 1.82) is 0 Å². The van der Waals surface area contributed by atoms with Gasteiger partial charge >= 0.3 is 0 Å². The SMILES string of the molecule is C=Cc1ccc(CC)cc1.CC(=O)CC(N)=O. The number of hydrogen-bond acceptors (Lipinski definition) is 2. The lowest BCUT2D eigenvalue weighted by molar-refractivity contribution is -0.125. The summed E-state index contributed by atoms with van der Waals surface area (Å²) in [5.41, 5.74) is 7.21. The van der Waals surface area contributed by atoms with Gasteiger partial charge in [-0.05, 0) is 24.5 Å². The van der Waals surface area contributed by atoms with Crippen LogP contribution in [0.1, 0.15) is 31.4 Å². The molecule has 1 rings (SSSR count). The molecule has 0 saturated heterocycles. The number of rotatable bonds is 4. The second-order valence-electron chi connectivity index (χ2n) is 3.64. The summed E-state index contributed by atoms with van der Waals surface area (Å²) in [4.78, 5) is 19.8. The van der Waals surface area contributed by atoms with Crippen molar-refractivity contribution in [3.05, 3.63) is 42.0 Å². The molecule has 0 aliphatic rings. The number of amides is 1. The number of benzene rings is 1. The molecule has 0 spiro atoms. The molecule has 0 unspecified atom stereocenters. The monoisotopic (exact) mass is 233 g/mol. The third kappa shape index (κ3) is 7.96. The summed E-state index contributed by atoms with van der Waals surface area (Å²) in [5.74, 6) is -0.750. The van der Waals surface area contributed by atoms with Gasteiger partial charge in [-0.15, -0.1) is 0 Å². The van der Waals surface area contributed by atoms with Crippen LogP contribution in [0.4, 0.5) is 0 Å². The van der Waals surface area contributed by atoms with E-state index in [1.165, 1.54) is 18.1 Å². The number of nitrogens with two attached hydrogens (primary N) is 1. The fraction of sp³-hybridized carbons (Fsp3) is 0.286. The Morgan fingerprint density at radius 2 is 1.82 bits per heavy atom. The number of aryl methyl sites for hydroxylation is 1. The van der Waals surface area contributed by atoms with E-state index in [2.05, 4.69) is 43.5 Å². The molecule has 0 bridgehead atoms. The predicted molar refractivity (Wildman–Crippen MR) is 70.4 cm³/mol. The van der Waals surface area contributed by atoms with Crippen molar-refractivity contribution in [2.45, 2.75) is 26.7 Å². The first kappa shape index (κ1) is 15.1. The van der Waals surface area contributed by atoms with Crippen LogP contribution in [0.3, 0.4) is 0 Å². The Balaban J connectivity index is 0.000000325. The highest BCUT2D eigenvalue weighted by Crippen LogP contribution is 2.05. The highest BCUT2D eigenvalue weighted by Gasteiger charge is 1.95. The second-order valence-corrected chi connectivity index (χ2v) is 3.64. The van der Waals surface area contributed by atoms with Gasteiger partial charge in [0.2, 0.25) is 5.91 Å². The summed E-state index contributed by atoms with van der Waals surface area (Å²) >= 11 is 0. The van der Waals surface area contributed by atoms with Crippen molar-refractivity contribution in [3.63, 3.8) is 0 Å². The molecule has 1 amide bonds. The summed E-state index contributed by atoms with van der Waals surface area (Å²) in [6.45, 7) is 7.17. The van der Waals surface area contributed by atoms with Gasteiger partial charge in [0.1, 0.15) is 5.78 Å². The standard InChI is InChI=1S/C10H12.C4H7NO2/c1-3-9-5-7-10(4-2)8-6-9;1-3(6)2-4(5)7/h3,5-8H,1,4H2,2H3;2H2,1H3,(H2,5,7). The van der Waals surface area contributed by atoms with E-state index in [1.807, 2.05) is 6.08 Å². The van der Waals surface area contributed by atoms with Crippen LogP contribution in [-0.4, -0.2) is 11.7 Å². The minimum absolute atomic E-state index is 0.139. The Bertz CT molecular complexity index is 368. The van der Waals surface area contributed by atoms with Crippen molar-refractivity contribution in [3.8, 4) is 0 Å². The number of ketones is 1. The van der Waals surface area contributed by atoms with Gasteiger partial charge in [-0.1, -0.05) is 43.8 Å². The van der Waals surface area contributed by atoms with Crippen molar-refractivity contribution in [1.82, 2.24) is 0 Å². The van der Waals surface area contributed by atoms with Gasteiger partial charge in [-0.3, -0.25) is 9.59 Å². The van der Waals surface area contributed by atoms with Gasteiger partial charge in [-0.2, -0.15) is 0 Å². The first-order valence-corrected chi connectivity index (χ1v) is 5.48. The van der Waals surface area contributed by atoms with Crippen LogP contribution in [0.15, 0.2) is 30.8 Å². The molecule has 0 heterocycles. The van der Waals surface area contributed by atoms with E-state index in [4.69, 9.17) is 0 Å². The molecular weight excluding hydrogens is 214 g/mol. The Morgan fingerprint density at radius 1 is 1.29 bits per heavy atom. The smallest absolute Gasteiger partial charge is 0.224 e. The quantitative estimate of drug-likeness (QED) is 0.811. The average Bonchev–Trinajstić information content (AvgIpc) is 2.28. The molecule has 17 heavy (non-hydrogen) atoms. The number of primary amides is 1. The number of Topliss-reactive ketones (excluding diaryl/α,β-unsaturated/α-hetero) is 1. The summed E-state index contributed by atoms with van der Waals surface area (Å²) in [6.07, 6.45) is 2.83. The van der Waals surface area contributed by atoms with Crippen molar-refractivity contribution < 1.29 is 9.59 Å². The van der Waals surface area contributed by atoms with E-state index >= 15 is 0 Å². The predicted octanol–water partition coefficient (Wildman–Crippen LogP) is 2.34. The first-order valence-electron chi connectivity index (χ1n) is 5.48. The molecule has 0 atom stereocenters.